The highest BCUT2D eigenvalue weighted by Gasteiger charge is 2.22. The third-order valence-corrected chi connectivity index (χ3v) is 5.50. The van der Waals surface area contributed by atoms with Crippen LogP contribution in [0.4, 0.5) is 0 Å². The molecule has 0 aliphatic carbocycles. The van der Waals surface area contributed by atoms with Crippen LogP contribution < -0.4 is 5.32 Å². The lowest BCUT2D eigenvalue weighted by molar-refractivity contribution is 0.161. The Kier molecular flexibility index (Phi) is 4.54. The van der Waals surface area contributed by atoms with Crippen molar-refractivity contribution in [2.75, 3.05) is 26.3 Å². The number of piperidine rings is 1. The van der Waals surface area contributed by atoms with Gasteiger partial charge in [-0.1, -0.05) is 18.2 Å². The zero-order chi connectivity index (χ0) is 18.9. The monoisotopic (exact) mass is 377 g/mol. The number of rotatable bonds is 3. The molecular weight excluding hydrogens is 354 g/mol. The summed E-state index contributed by atoms with van der Waals surface area (Å²) in [6.45, 7) is 3.29. The molecule has 2 aliphatic rings. The predicted molar refractivity (Wildman–Crippen MR) is 107 cm³/mol. The molecular formula is C21H23N5O2. The van der Waals surface area contributed by atoms with Crippen molar-refractivity contribution >= 4 is 16.7 Å². The third kappa shape index (κ3) is 3.16. The summed E-state index contributed by atoms with van der Waals surface area (Å²) in [5, 5.41) is 13.3. The van der Waals surface area contributed by atoms with Gasteiger partial charge in [-0.3, -0.25) is 0 Å². The number of benzene rings is 1. The van der Waals surface area contributed by atoms with Gasteiger partial charge in [0, 0.05) is 11.6 Å². The minimum Gasteiger partial charge on any atom is -0.508 e. The zero-order valence-electron chi connectivity index (χ0n) is 15.6. The minimum atomic E-state index is 0.208. The molecule has 0 unspecified atom stereocenters. The normalized spacial score (nSPS) is 18.4. The molecule has 0 radical (unpaired) electrons. The van der Waals surface area contributed by atoms with E-state index in [4.69, 9.17) is 19.7 Å². The Labute approximate surface area is 163 Å². The molecule has 2 N–H and O–H groups in total. The van der Waals surface area contributed by atoms with Gasteiger partial charge in [-0.2, -0.15) is 0 Å². The molecule has 0 spiro atoms. The van der Waals surface area contributed by atoms with Crippen LogP contribution in [0.1, 0.15) is 31.0 Å². The standard InChI is InChI=1S/C21H23N5O2/c27-17-3-1-2-15(12-17)20-24-18(14-6-10-28-11-7-14)19-21(25-20)26(13-23-19)16-4-8-22-9-5-16/h1-3,6,12-13,16,22,27H,4-5,7-11H2. The van der Waals surface area contributed by atoms with Crippen molar-refractivity contribution in [2.45, 2.75) is 25.3 Å². The summed E-state index contributed by atoms with van der Waals surface area (Å²) in [7, 11) is 0. The highest BCUT2D eigenvalue weighted by atomic mass is 16.5. The van der Waals surface area contributed by atoms with Gasteiger partial charge in [0.05, 0.1) is 25.2 Å². The Morgan fingerprint density at radius 2 is 2.07 bits per heavy atom. The first-order valence-electron chi connectivity index (χ1n) is 9.81. The predicted octanol–water partition coefficient (Wildman–Crippen LogP) is 2.93. The Balaban J connectivity index is 1.70. The summed E-state index contributed by atoms with van der Waals surface area (Å²) in [5.41, 5.74) is 4.53. The van der Waals surface area contributed by atoms with Crippen LogP contribution in [0.25, 0.3) is 28.1 Å². The van der Waals surface area contributed by atoms with Crippen LogP contribution >= 0.6 is 0 Å². The average Bonchev–Trinajstić information content (AvgIpc) is 3.18. The molecule has 1 fully saturated rings. The molecule has 4 heterocycles. The molecule has 0 atom stereocenters. The number of aromatic nitrogens is 4. The number of nitrogens with one attached hydrogen (secondary N) is 1. The fourth-order valence-electron chi connectivity index (χ4n) is 4.01. The second-order valence-corrected chi connectivity index (χ2v) is 7.31. The van der Waals surface area contributed by atoms with Crippen molar-refractivity contribution in [3.05, 3.63) is 42.4 Å². The largest absolute Gasteiger partial charge is 0.508 e. The van der Waals surface area contributed by atoms with Gasteiger partial charge in [-0.15, -0.1) is 0 Å². The Hall–Kier alpha value is -2.77. The molecule has 28 heavy (non-hydrogen) atoms. The van der Waals surface area contributed by atoms with Gasteiger partial charge in [-0.05, 0) is 50.1 Å². The average molecular weight is 377 g/mol. The maximum atomic E-state index is 9.92. The van der Waals surface area contributed by atoms with Crippen molar-refractivity contribution in [3.63, 3.8) is 0 Å². The summed E-state index contributed by atoms with van der Waals surface area (Å²) in [6.07, 6.45) is 6.92. The van der Waals surface area contributed by atoms with Crippen LogP contribution in [0.3, 0.4) is 0 Å². The van der Waals surface area contributed by atoms with E-state index < -0.39 is 0 Å². The van der Waals surface area contributed by atoms with Crippen LogP contribution in [0.2, 0.25) is 0 Å². The lowest BCUT2D eigenvalue weighted by Gasteiger charge is -2.24. The van der Waals surface area contributed by atoms with E-state index in [2.05, 4.69) is 16.0 Å². The van der Waals surface area contributed by atoms with E-state index >= 15 is 0 Å². The first kappa shape index (κ1) is 17.3. The summed E-state index contributed by atoms with van der Waals surface area (Å²) >= 11 is 0. The van der Waals surface area contributed by atoms with E-state index in [1.54, 1.807) is 12.1 Å². The Morgan fingerprint density at radius 1 is 1.18 bits per heavy atom. The van der Waals surface area contributed by atoms with E-state index in [0.29, 0.717) is 25.1 Å². The van der Waals surface area contributed by atoms with E-state index in [1.807, 2.05) is 18.5 Å². The molecule has 3 aromatic rings. The molecule has 0 bridgehead atoms. The van der Waals surface area contributed by atoms with Gasteiger partial charge in [0.2, 0.25) is 0 Å². The summed E-state index contributed by atoms with van der Waals surface area (Å²) in [6, 6.07) is 7.48. The van der Waals surface area contributed by atoms with Gasteiger partial charge in [0.25, 0.3) is 0 Å². The summed E-state index contributed by atoms with van der Waals surface area (Å²) in [4.78, 5) is 14.4. The highest BCUT2D eigenvalue weighted by molar-refractivity contribution is 5.87. The fraction of sp³-hybridized carbons (Fsp3) is 0.381. The summed E-state index contributed by atoms with van der Waals surface area (Å²) < 4.78 is 7.68. The second-order valence-electron chi connectivity index (χ2n) is 7.31. The zero-order valence-corrected chi connectivity index (χ0v) is 15.6. The van der Waals surface area contributed by atoms with Gasteiger partial charge in [0.1, 0.15) is 11.3 Å². The van der Waals surface area contributed by atoms with Crippen LogP contribution in [0, 0.1) is 0 Å². The molecule has 1 saturated heterocycles. The van der Waals surface area contributed by atoms with Gasteiger partial charge < -0.3 is 19.7 Å². The Morgan fingerprint density at radius 3 is 2.86 bits per heavy atom. The number of ether oxygens (including phenoxy) is 1. The van der Waals surface area contributed by atoms with Gasteiger partial charge in [-0.25, -0.2) is 15.0 Å². The fourth-order valence-corrected chi connectivity index (χ4v) is 4.01. The molecule has 7 heteroatoms. The van der Waals surface area contributed by atoms with E-state index in [0.717, 1.165) is 60.3 Å². The third-order valence-electron chi connectivity index (χ3n) is 5.50. The Bertz CT molecular complexity index is 1040. The molecule has 2 aromatic heterocycles. The van der Waals surface area contributed by atoms with Crippen LogP contribution in [-0.2, 0) is 4.74 Å². The number of nitrogens with zero attached hydrogens (tertiary/aromatic N) is 4. The first-order chi connectivity index (χ1) is 13.8. The smallest absolute Gasteiger partial charge is 0.164 e. The number of aromatic hydroxyl groups is 1. The first-order valence-corrected chi connectivity index (χ1v) is 9.81. The topological polar surface area (TPSA) is 85.1 Å². The number of imidazole rings is 1. The SMILES string of the molecule is Oc1cccc(-c2nc(C3=CCOCC3)c3ncn(C4CCNCC4)c3n2)c1. The molecule has 0 amide bonds. The highest BCUT2D eigenvalue weighted by Crippen LogP contribution is 2.31. The summed E-state index contributed by atoms with van der Waals surface area (Å²) in [5.74, 6) is 0.821. The maximum absolute atomic E-state index is 9.92. The molecule has 2 aliphatic heterocycles. The van der Waals surface area contributed by atoms with E-state index in [1.165, 1.54) is 0 Å². The van der Waals surface area contributed by atoms with Crippen LogP contribution in [0.5, 0.6) is 5.75 Å². The van der Waals surface area contributed by atoms with Gasteiger partial charge in [0.15, 0.2) is 11.5 Å². The maximum Gasteiger partial charge on any atom is 0.164 e. The molecule has 0 saturated carbocycles. The van der Waals surface area contributed by atoms with E-state index in [-0.39, 0.29) is 5.75 Å². The van der Waals surface area contributed by atoms with Crippen LogP contribution in [0.15, 0.2) is 36.7 Å². The number of fused-ring (bicyclic) bond motifs is 1. The van der Waals surface area contributed by atoms with Crippen molar-refractivity contribution in [1.82, 2.24) is 24.8 Å². The lowest BCUT2D eigenvalue weighted by Crippen LogP contribution is -2.29. The van der Waals surface area contributed by atoms with Crippen molar-refractivity contribution in [3.8, 4) is 17.1 Å². The lowest BCUT2D eigenvalue weighted by atomic mass is 10.1. The quantitative estimate of drug-likeness (QED) is 0.730. The molecule has 5 rings (SSSR count). The minimum absolute atomic E-state index is 0.208. The van der Waals surface area contributed by atoms with Crippen molar-refractivity contribution < 1.29 is 9.84 Å². The van der Waals surface area contributed by atoms with Crippen LogP contribution in [-0.4, -0.2) is 50.9 Å². The van der Waals surface area contributed by atoms with E-state index in [9.17, 15) is 5.11 Å². The second kappa shape index (κ2) is 7.33. The van der Waals surface area contributed by atoms with Crippen molar-refractivity contribution in [1.29, 1.82) is 0 Å². The van der Waals surface area contributed by atoms with Gasteiger partial charge >= 0.3 is 0 Å². The number of phenols is 1. The molecule has 144 valence electrons. The number of phenolic OH excluding ortho intramolecular Hbond substituents is 1. The number of hydrogen-bond acceptors (Lipinski definition) is 6. The number of hydrogen-bond donors (Lipinski definition) is 2. The van der Waals surface area contributed by atoms with Crippen molar-refractivity contribution in [2.24, 2.45) is 0 Å². The molecule has 7 nitrogen and oxygen atoms in total. The molecule has 1 aromatic carbocycles.